The van der Waals surface area contributed by atoms with Crippen molar-refractivity contribution in [3.63, 3.8) is 0 Å². The van der Waals surface area contributed by atoms with Crippen LogP contribution in [0.25, 0.3) is 0 Å². The van der Waals surface area contributed by atoms with Gasteiger partial charge in [-0.15, -0.1) is 11.6 Å². The lowest BCUT2D eigenvalue weighted by molar-refractivity contribution is 0.345. The summed E-state index contributed by atoms with van der Waals surface area (Å²) >= 11 is 6.78. The van der Waals surface area contributed by atoms with E-state index in [0.717, 1.165) is 28.0 Å². The van der Waals surface area contributed by atoms with Crippen molar-refractivity contribution in [1.29, 1.82) is 0 Å². The molecule has 0 radical (unpaired) electrons. The standard InChI is InChI=1S/C17H27ClOSi/c1-7-9-19-15-13(16(4,5)6)10-12(3)11-14(15)17(18,20)8-2/h7,10-11H,1,8-9H2,2-6,20H3. The molecule has 0 aliphatic rings. The predicted molar refractivity (Wildman–Crippen MR) is 93.3 cm³/mol. The average molecular weight is 311 g/mol. The fraction of sp³-hybridized carbons (Fsp3) is 0.529. The van der Waals surface area contributed by atoms with Crippen LogP contribution < -0.4 is 4.74 Å². The van der Waals surface area contributed by atoms with E-state index in [9.17, 15) is 0 Å². The Morgan fingerprint density at radius 2 is 1.85 bits per heavy atom. The molecule has 0 amide bonds. The summed E-state index contributed by atoms with van der Waals surface area (Å²) in [6.07, 6.45) is 2.70. The second kappa shape index (κ2) is 6.36. The summed E-state index contributed by atoms with van der Waals surface area (Å²) in [5.74, 6) is 0.954. The van der Waals surface area contributed by atoms with Crippen LogP contribution in [0.5, 0.6) is 5.75 Å². The number of hydrogen-bond acceptors (Lipinski definition) is 1. The Morgan fingerprint density at radius 3 is 2.30 bits per heavy atom. The van der Waals surface area contributed by atoms with Crippen LogP contribution in [0.3, 0.4) is 0 Å². The molecule has 1 unspecified atom stereocenters. The van der Waals surface area contributed by atoms with Crippen LogP contribution in [-0.4, -0.2) is 16.8 Å². The van der Waals surface area contributed by atoms with Crippen molar-refractivity contribution >= 4 is 21.8 Å². The molecule has 112 valence electrons. The maximum atomic E-state index is 6.78. The first-order valence-electron chi connectivity index (χ1n) is 7.21. The molecule has 1 aromatic rings. The van der Waals surface area contributed by atoms with Gasteiger partial charge in [-0.05, 0) is 18.8 Å². The molecule has 0 aromatic heterocycles. The van der Waals surface area contributed by atoms with E-state index in [-0.39, 0.29) is 9.91 Å². The Morgan fingerprint density at radius 1 is 1.30 bits per heavy atom. The molecule has 0 saturated heterocycles. The highest BCUT2D eigenvalue weighted by Gasteiger charge is 2.30. The second-order valence-electron chi connectivity index (χ2n) is 6.59. The highest BCUT2D eigenvalue weighted by Crippen LogP contribution is 2.42. The molecule has 0 bridgehead atoms. The summed E-state index contributed by atoms with van der Waals surface area (Å²) in [7, 11) is 0.886. The fourth-order valence-electron chi connectivity index (χ4n) is 2.21. The summed E-state index contributed by atoms with van der Waals surface area (Å²) in [6, 6.07) is 4.39. The quantitative estimate of drug-likeness (QED) is 0.453. The van der Waals surface area contributed by atoms with E-state index in [1.165, 1.54) is 11.1 Å². The monoisotopic (exact) mass is 310 g/mol. The predicted octanol–water partition coefficient (Wildman–Crippen LogP) is 4.02. The van der Waals surface area contributed by atoms with Gasteiger partial charge in [0.25, 0.3) is 0 Å². The normalized spacial score (nSPS) is 14.9. The van der Waals surface area contributed by atoms with Crippen molar-refractivity contribution < 1.29 is 4.74 Å². The summed E-state index contributed by atoms with van der Waals surface area (Å²) in [4.78, 5) is 0. The van der Waals surface area contributed by atoms with Gasteiger partial charge in [0.2, 0.25) is 0 Å². The summed E-state index contributed by atoms with van der Waals surface area (Å²) in [5.41, 5.74) is 3.63. The molecule has 0 fully saturated rings. The minimum atomic E-state index is -0.275. The van der Waals surface area contributed by atoms with E-state index in [4.69, 9.17) is 16.3 Å². The van der Waals surface area contributed by atoms with Gasteiger partial charge < -0.3 is 4.74 Å². The molecule has 1 atom stereocenters. The first-order valence-corrected chi connectivity index (χ1v) is 8.59. The molecular weight excluding hydrogens is 284 g/mol. The van der Waals surface area contributed by atoms with Crippen LogP contribution in [0.1, 0.15) is 50.8 Å². The Balaban J connectivity index is 3.56. The molecule has 0 spiro atoms. The molecule has 20 heavy (non-hydrogen) atoms. The molecule has 1 aromatic carbocycles. The molecule has 0 N–H and O–H groups in total. The maximum Gasteiger partial charge on any atom is 0.128 e. The zero-order chi connectivity index (χ0) is 15.6. The van der Waals surface area contributed by atoms with Gasteiger partial charge in [-0.25, -0.2) is 0 Å². The molecule has 0 saturated carbocycles. The summed E-state index contributed by atoms with van der Waals surface area (Å²) in [6.45, 7) is 15.1. The van der Waals surface area contributed by atoms with Crippen molar-refractivity contribution in [3.05, 3.63) is 41.5 Å². The van der Waals surface area contributed by atoms with Gasteiger partial charge in [0.1, 0.15) is 12.4 Å². The zero-order valence-corrected chi connectivity index (χ0v) is 16.4. The molecular formula is C17H27ClOSi. The van der Waals surface area contributed by atoms with E-state index in [1.807, 2.05) is 0 Å². The largest absolute Gasteiger partial charge is 0.489 e. The average Bonchev–Trinajstić information content (AvgIpc) is 2.35. The Hall–Kier alpha value is -0.733. The van der Waals surface area contributed by atoms with Crippen LogP contribution in [0, 0.1) is 6.92 Å². The van der Waals surface area contributed by atoms with Crippen molar-refractivity contribution in [1.82, 2.24) is 0 Å². The molecule has 1 nitrogen and oxygen atoms in total. The van der Waals surface area contributed by atoms with Gasteiger partial charge in [0.05, 0.1) is 4.50 Å². The number of benzene rings is 1. The molecule has 0 heterocycles. The van der Waals surface area contributed by atoms with Crippen molar-refractivity contribution in [2.75, 3.05) is 6.61 Å². The van der Waals surface area contributed by atoms with E-state index >= 15 is 0 Å². The number of ether oxygens (including phenoxy) is 1. The lowest BCUT2D eigenvalue weighted by Gasteiger charge is -2.30. The van der Waals surface area contributed by atoms with Crippen LogP contribution in [-0.2, 0) is 9.91 Å². The van der Waals surface area contributed by atoms with Crippen molar-refractivity contribution in [3.8, 4) is 5.75 Å². The van der Waals surface area contributed by atoms with Crippen molar-refractivity contribution in [2.45, 2.75) is 51.0 Å². The second-order valence-corrected chi connectivity index (χ2v) is 9.77. The topological polar surface area (TPSA) is 9.23 Å². The van der Waals surface area contributed by atoms with Crippen LogP contribution in [0.15, 0.2) is 24.8 Å². The first-order chi connectivity index (χ1) is 9.13. The minimum absolute atomic E-state index is 0.0273. The van der Waals surface area contributed by atoms with E-state index in [2.05, 4.69) is 53.3 Å². The molecule has 3 heteroatoms. The number of rotatable bonds is 5. The smallest absolute Gasteiger partial charge is 0.128 e. The number of hydrogen-bond donors (Lipinski definition) is 0. The van der Waals surface area contributed by atoms with E-state index in [1.54, 1.807) is 6.08 Å². The lowest BCUT2D eigenvalue weighted by Crippen LogP contribution is -2.23. The SMILES string of the molecule is C=CCOc1c(C(C)(C)C)cc(C)cc1C([SiH3])(Cl)CC. The fourth-order valence-corrected chi connectivity index (χ4v) is 2.72. The van der Waals surface area contributed by atoms with Gasteiger partial charge in [-0.1, -0.05) is 58.0 Å². The molecule has 0 aliphatic carbocycles. The molecule has 0 aliphatic heterocycles. The molecule has 1 rings (SSSR count). The number of aryl methyl sites for hydroxylation is 1. The van der Waals surface area contributed by atoms with Crippen LogP contribution in [0.4, 0.5) is 0 Å². The van der Waals surface area contributed by atoms with Gasteiger partial charge in [-0.3, -0.25) is 0 Å². The third kappa shape index (κ3) is 3.89. The van der Waals surface area contributed by atoms with Crippen molar-refractivity contribution in [2.24, 2.45) is 0 Å². The van der Waals surface area contributed by atoms with E-state index in [0.29, 0.717) is 6.61 Å². The zero-order valence-electron chi connectivity index (χ0n) is 13.6. The van der Waals surface area contributed by atoms with Gasteiger partial charge in [-0.2, -0.15) is 0 Å². The summed E-state index contributed by atoms with van der Waals surface area (Å²) in [5, 5.41) is 0. The van der Waals surface area contributed by atoms with Gasteiger partial charge >= 0.3 is 0 Å². The highest BCUT2D eigenvalue weighted by molar-refractivity contribution is 6.44. The third-order valence-corrected chi connectivity index (χ3v) is 5.33. The summed E-state index contributed by atoms with van der Waals surface area (Å²) < 4.78 is 5.73. The third-order valence-electron chi connectivity index (χ3n) is 3.61. The van der Waals surface area contributed by atoms with E-state index < -0.39 is 0 Å². The maximum absolute atomic E-state index is 6.78. The first kappa shape index (κ1) is 17.3. The minimum Gasteiger partial charge on any atom is -0.489 e. The Bertz CT molecular complexity index is 486. The number of alkyl halides is 1. The highest BCUT2D eigenvalue weighted by atomic mass is 35.5. The van der Waals surface area contributed by atoms with Gasteiger partial charge in [0, 0.05) is 21.4 Å². The number of halogens is 1. The van der Waals surface area contributed by atoms with Crippen LogP contribution in [0.2, 0.25) is 0 Å². The van der Waals surface area contributed by atoms with Crippen LogP contribution >= 0.6 is 11.6 Å². The Kier molecular flexibility index (Phi) is 5.51. The Labute approximate surface area is 131 Å². The lowest BCUT2D eigenvalue weighted by atomic mass is 9.83. The van der Waals surface area contributed by atoms with Gasteiger partial charge in [0.15, 0.2) is 0 Å².